The Labute approximate surface area is 235 Å². The minimum Gasteiger partial charge on any atom is -0.373 e. The number of piperidine rings is 1. The van der Waals surface area contributed by atoms with Crippen LogP contribution in [0.4, 0.5) is 5.82 Å². The molecule has 0 saturated carbocycles. The predicted molar refractivity (Wildman–Crippen MR) is 159 cm³/mol. The minimum absolute atomic E-state index is 0.00248. The Morgan fingerprint density at radius 1 is 1.05 bits per heavy atom. The molecule has 40 heavy (non-hydrogen) atoms. The van der Waals surface area contributed by atoms with Crippen molar-refractivity contribution in [2.24, 2.45) is 0 Å². The van der Waals surface area contributed by atoms with Crippen LogP contribution in [0.15, 0.2) is 60.9 Å². The molecule has 1 aliphatic rings. The highest BCUT2D eigenvalue weighted by Gasteiger charge is 2.26. The van der Waals surface area contributed by atoms with Gasteiger partial charge in [0.25, 0.3) is 5.91 Å². The molecule has 4 aromatic rings. The van der Waals surface area contributed by atoms with E-state index < -0.39 is 10.0 Å². The largest absolute Gasteiger partial charge is 0.373 e. The second-order valence-corrected chi connectivity index (χ2v) is 12.6. The third-order valence-corrected chi connectivity index (χ3v) is 9.41. The number of fused-ring (bicyclic) bond motifs is 1. The molecule has 1 saturated heterocycles. The molecule has 1 aliphatic heterocycles. The average Bonchev–Trinajstić information content (AvgIpc) is 3.36. The molecule has 5 rings (SSSR count). The Hall–Kier alpha value is -3.76. The van der Waals surface area contributed by atoms with Gasteiger partial charge in [-0.1, -0.05) is 12.1 Å². The molecule has 4 heterocycles. The summed E-state index contributed by atoms with van der Waals surface area (Å²) in [7, 11) is 1.76. The van der Waals surface area contributed by atoms with Crippen LogP contribution in [-0.2, 0) is 16.6 Å². The van der Waals surface area contributed by atoms with E-state index in [9.17, 15) is 13.2 Å². The molecule has 0 atom stereocenters. The summed E-state index contributed by atoms with van der Waals surface area (Å²) in [6.07, 6.45) is 5.39. The minimum atomic E-state index is -3.57. The number of hydrogen-bond acceptors (Lipinski definition) is 7. The number of likely N-dealkylation sites (tertiary alicyclic amines) is 1. The van der Waals surface area contributed by atoms with Crippen molar-refractivity contribution in [1.29, 1.82) is 0 Å². The van der Waals surface area contributed by atoms with Crippen LogP contribution >= 0.6 is 0 Å². The second kappa shape index (κ2) is 11.4. The quantitative estimate of drug-likeness (QED) is 0.341. The highest BCUT2D eigenvalue weighted by Crippen LogP contribution is 2.33. The van der Waals surface area contributed by atoms with E-state index in [1.807, 2.05) is 43.4 Å². The number of benzene rings is 1. The molecule has 1 fully saturated rings. The number of anilines is 1. The van der Waals surface area contributed by atoms with Crippen LogP contribution in [0.2, 0.25) is 0 Å². The Balaban J connectivity index is 1.39. The Kier molecular flexibility index (Phi) is 7.91. The first-order valence-corrected chi connectivity index (χ1v) is 15.2. The Bertz CT molecular complexity index is 1600. The van der Waals surface area contributed by atoms with Gasteiger partial charge in [-0.2, -0.15) is 0 Å². The van der Waals surface area contributed by atoms with Crippen molar-refractivity contribution in [2.45, 2.75) is 32.2 Å². The van der Waals surface area contributed by atoms with Gasteiger partial charge < -0.3 is 10.2 Å². The molecule has 10 heteroatoms. The summed E-state index contributed by atoms with van der Waals surface area (Å²) >= 11 is 0. The molecule has 1 amide bonds. The smallest absolute Gasteiger partial charge is 0.253 e. The highest BCUT2D eigenvalue weighted by molar-refractivity contribution is 7.90. The molecule has 0 bridgehead atoms. The van der Waals surface area contributed by atoms with Crippen molar-refractivity contribution in [3.63, 3.8) is 0 Å². The number of nitrogens with one attached hydrogen (secondary N) is 1. The number of pyridine rings is 2. The van der Waals surface area contributed by atoms with E-state index in [1.165, 1.54) is 9.54 Å². The normalized spacial score (nSPS) is 14.9. The average molecular weight is 561 g/mol. The lowest BCUT2D eigenvalue weighted by Gasteiger charge is -2.32. The summed E-state index contributed by atoms with van der Waals surface area (Å²) in [5.41, 5.74) is 4.92. The monoisotopic (exact) mass is 560 g/mol. The van der Waals surface area contributed by atoms with E-state index in [0.29, 0.717) is 23.7 Å². The summed E-state index contributed by atoms with van der Waals surface area (Å²) < 4.78 is 28.0. The standard InChI is InChI=1S/C30H36N6O3S/c1-5-40(38,39)36-25(18-27-26(12-15-32-29(27)36)24-10-11-28(31-2)33-19-24)20-35-16-13-22(14-17-35)21-6-8-23(9-7-21)30(37)34(3)4/h6-12,15,18-19,22H,5,13-14,16-17,20H2,1-4H3,(H,31,33). The molecule has 9 nitrogen and oxygen atoms in total. The summed E-state index contributed by atoms with van der Waals surface area (Å²) in [5.74, 6) is 1.17. The van der Waals surface area contributed by atoms with Crippen LogP contribution < -0.4 is 5.32 Å². The van der Waals surface area contributed by atoms with Gasteiger partial charge in [-0.3, -0.25) is 9.69 Å². The van der Waals surface area contributed by atoms with Crippen molar-refractivity contribution in [3.05, 3.63) is 77.7 Å². The summed E-state index contributed by atoms with van der Waals surface area (Å²) in [5, 5.41) is 3.83. The van der Waals surface area contributed by atoms with Crippen LogP contribution in [-0.4, -0.2) is 78.1 Å². The Morgan fingerprint density at radius 3 is 2.38 bits per heavy atom. The topological polar surface area (TPSA) is 100 Å². The van der Waals surface area contributed by atoms with E-state index >= 15 is 0 Å². The zero-order valence-electron chi connectivity index (χ0n) is 23.5. The molecule has 3 aromatic heterocycles. The lowest BCUT2D eigenvalue weighted by atomic mass is 9.89. The maximum absolute atomic E-state index is 13.3. The zero-order valence-corrected chi connectivity index (χ0v) is 24.3. The third-order valence-electron chi connectivity index (χ3n) is 7.72. The molecule has 0 radical (unpaired) electrons. The molecule has 1 aromatic carbocycles. The van der Waals surface area contributed by atoms with Crippen LogP contribution in [0.25, 0.3) is 22.2 Å². The second-order valence-electron chi connectivity index (χ2n) is 10.5. The summed E-state index contributed by atoms with van der Waals surface area (Å²) in [4.78, 5) is 25.1. The first-order chi connectivity index (χ1) is 19.2. The van der Waals surface area contributed by atoms with Crippen molar-refractivity contribution in [2.75, 3.05) is 45.3 Å². The molecule has 210 valence electrons. The van der Waals surface area contributed by atoms with Crippen molar-refractivity contribution >= 4 is 32.8 Å². The maximum atomic E-state index is 13.3. The highest BCUT2D eigenvalue weighted by atomic mass is 32.2. The van der Waals surface area contributed by atoms with Gasteiger partial charge in [-0.05, 0) is 86.3 Å². The first-order valence-electron chi connectivity index (χ1n) is 13.6. The fourth-order valence-corrected chi connectivity index (χ4v) is 6.57. The van der Waals surface area contributed by atoms with Gasteiger partial charge in [0.15, 0.2) is 5.65 Å². The summed E-state index contributed by atoms with van der Waals surface area (Å²) in [6.45, 7) is 3.89. The van der Waals surface area contributed by atoms with E-state index in [0.717, 1.165) is 54.0 Å². The molecule has 0 unspecified atom stereocenters. The maximum Gasteiger partial charge on any atom is 0.253 e. The number of carbonyl (C=O) groups excluding carboxylic acids is 1. The molecule has 1 N–H and O–H groups in total. The van der Waals surface area contributed by atoms with Gasteiger partial charge >= 0.3 is 0 Å². The molecule has 0 spiro atoms. The van der Waals surface area contributed by atoms with E-state index in [1.54, 1.807) is 38.3 Å². The van der Waals surface area contributed by atoms with E-state index in [4.69, 9.17) is 0 Å². The van der Waals surface area contributed by atoms with Crippen molar-refractivity contribution in [1.82, 2.24) is 23.7 Å². The van der Waals surface area contributed by atoms with Crippen molar-refractivity contribution in [3.8, 4) is 11.1 Å². The number of amides is 1. The number of carbonyl (C=O) groups is 1. The van der Waals surface area contributed by atoms with Crippen LogP contribution in [0.3, 0.4) is 0 Å². The lowest BCUT2D eigenvalue weighted by Crippen LogP contribution is -2.33. The molecular weight excluding hydrogens is 524 g/mol. The van der Waals surface area contributed by atoms with Gasteiger partial charge in [-0.15, -0.1) is 0 Å². The Morgan fingerprint density at radius 2 is 1.77 bits per heavy atom. The number of hydrogen-bond donors (Lipinski definition) is 1. The first kappa shape index (κ1) is 27.8. The van der Waals surface area contributed by atoms with Gasteiger partial charge in [0.1, 0.15) is 5.82 Å². The van der Waals surface area contributed by atoms with E-state index in [2.05, 4.69) is 32.3 Å². The van der Waals surface area contributed by atoms with Crippen LogP contribution in [0.1, 0.15) is 47.3 Å². The number of rotatable bonds is 8. The van der Waals surface area contributed by atoms with Gasteiger partial charge in [0.05, 0.1) is 11.4 Å². The van der Waals surface area contributed by atoms with Crippen LogP contribution in [0.5, 0.6) is 0 Å². The molecular formula is C30H36N6O3S. The van der Waals surface area contributed by atoms with E-state index in [-0.39, 0.29) is 11.7 Å². The molecule has 0 aliphatic carbocycles. The van der Waals surface area contributed by atoms with Crippen LogP contribution in [0, 0.1) is 0 Å². The fourth-order valence-electron chi connectivity index (χ4n) is 5.44. The lowest BCUT2D eigenvalue weighted by molar-refractivity contribution is 0.0827. The number of nitrogens with zero attached hydrogens (tertiary/aromatic N) is 5. The number of aromatic nitrogens is 3. The van der Waals surface area contributed by atoms with Crippen molar-refractivity contribution < 1.29 is 13.2 Å². The zero-order chi connectivity index (χ0) is 28.4. The predicted octanol–water partition coefficient (Wildman–Crippen LogP) is 4.42. The summed E-state index contributed by atoms with van der Waals surface area (Å²) in [6, 6.07) is 15.7. The third kappa shape index (κ3) is 5.46. The van der Waals surface area contributed by atoms with Gasteiger partial charge in [0.2, 0.25) is 10.0 Å². The van der Waals surface area contributed by atoms with Gasteiger partial charge in [-0.25, -0.2) is 22.4 Å². The SMILES string of the molecule is CCS(=O)(=O)n1c(CN2CCC(c3ccc(C(=O)N(C)C)cc3)CC2)cc2c(-c3ccc(NC)nc3)ccnc21. The fraction of sp³-hybridized carbons (Fsp3) is 0.367. The van der Waals surface area contributed by atoms with Gasteiger partial charge in [0, 0.05) is 56.6 Å².